The Bertz CT molecular complexity index is 407. The van der Waals surface area contributed by atoms with Gasteiger partial charge >= 0.3 is 0 Å². The lowest BCUT2D eigenvalue weighted by atomic mass is 10.2. The summed E-state index contributed by atoms with van der Waals surface area (Å²) in [6.45, 7) is 5.50. The molecule has 0 radical (unpaired) electrons. The first kappa shape index (κ1) is 14.5. The molecular weight excluding hydrogens is 233 g/mol. The molecule has 3 nitrogen and oxygen atoms in total. The predicted molar refractivity (Wildman–Crippen MR) is 69.1 cm³/mol. The van der Waals surface area contributed by atoms with Crippen molar-refractivity contribution < 1.29 is 13.9 Å². The zero-order valence-electron chi connectivity index (χ0n) is 11.1. The molecule has 1 N–H and O–H groups in total. The van der Waals surface area contributed by atoms with Gasteiger partial charge in [-0.25, -0.2) is 4.39 Å². The average Bonchev–Trinajstić information content (AvgIpc) is 2.31. The Morgan fingerprint density at radius 2 is 2.22 bits per heavy atom. The first-order valence-corrected chi connectivity index (χ1v) is 6.21. The fourth-order valence-electron chi connectivity index (χ4n) is 1.70. The predicted octanol–water partition coefficient (Wildman–Crippen LogP) is 2.82. The van der Waals surface area contributed by atoms with E-state index in [-0.39, 0.29) is 24.3 Å². The maximum absolute atomic E-state index is 13.6. The van der Waals surface area contributed by atoms with Crippen LogP contribution >= 0.6 is 0 Å². The highest BCUT2D eigenvalue weighted by Gasteiger charge is 2.10. The lowest BCUT2D eigenvalue weighted by Crippen LogP contribution is -2.36. The van der Waals surface area contributed by atoms with Crippen LogP contribution in [0.15, 0.2) is 18.2 Å². The molecule has 0 saturated carbocycles. The number of aryl methyl sites for hydroxylation is 1. The Kier molecular flexibility index (Phi) is 5.62. The van der Waals surface area contributed by atoms with Crippen molar-refractivity contribution in [1.82, 2.24) is 5.32 Å². The summed E-state index contributed by atoms with van der Waals surface area (Å²) in [5.74, 6) is -0.517. The molecule has 0 fully saturated rings. The van der Waals surface area contributed by atoms with E-state index in [1.807, 2.05) is 6.92 Å². The number of rotatable bonds is 6. The van der Waals surface area contributed by atoms with Crippen LogP contribution in [0.5, 0.6) is 5.75 Å². The van der Waals surface area contributed by atoms with Crippen molar-refractivity contribution in [2.75, 3.05) is 6.61 Å². The van der Waals surface area contributed by atoms with E-state index in [9.17, 15) is 9.18 Å². The van der Waals surface area contributed by atoms with E-state index >= 15 is 0 Å². The van der Waals surface area contributed by atoms with Crippen LogP contribution < -0.4 is 10.1 Å². The standard InChI is InChI=1S/C14H20FNO2/c1-4-6-11(3)16-13(17)9-18-12-8-5-7-10(2)14(12)15/h5,7-8,11H,4,6,9H2,1-3H3,(H,16,17). The lowest BCUT2D eigenvalue weighted by Gasteiger charge is -2.13. The largest absolute Gasteiger partial charge is 0.481 e. The van der Waals surface area contributed by atoms with Crippen molar-refractivity contribution >= 4 is 5.91 Å². The highest BCUT2D eigenvalue weighted by atomic mass is 19.1. The Morgan fingerprint density at radius 1 is 1.50 bits per heavy atom. The molecule has 18 heavy (non-hydrogen) atoms. The van der Waals surface area contributed by atoms with E-state index in [1.165, 1.54) is 6.07 Å². The maximum atomic E-state index is 13.6. The third kappa shape index (κ3) is 4.35. The van der Waals surface area contributed by atoms with E-state index in [2.05, 4.69) is 12.2 Å². The van der Waals surface area contributed by atoms with Gasteiger partial charge in [-0.1, -0.05) is 25.5 Å². The van der Waals surface area contributed by atoms with Gasteiger partial charge in [-0.05, 0) is 31.9 Å². The zero-order valence-corrected chi connectivity index (χ0v) is 11.1. The zero-order chi connectivity index (χ0) is 13.5. The molecule has 0 aromatic heterocycles. The normalized spacial score (nSPS) is 12.0. The lowest BCUT2D eigenvalue weighted by molar-refractivity contribution is -0.123. The van der Waals surface area contributed by atoms with Gasteiger partial charge in [0.25, 0.3) is 5.91 Å². The van der Waals surface area contributed by atoms with E-state index in [0.29, 0.717) is 5.56 Å². The van der Waals surface area contributed by atoms with Crippen molar-refractivity contribution in [1.29, 1.82) is 0 Å². The highest BCUT2D eigenvalue weighted by Crippen LogP contribution is 2.19. The summed E-state index contributed by atoms with van der Waals surface area (Å²) in [5.41, 5.74) is 0.507. The van der Waals surface area contributed by atoms with Crippen LogP contribution in [-0.2, 0) is 4.79 Å². The van der Waals surface area contributed by atoms with Gasteiger partial charge in [-0.2, -0.15) is 0 Å². The van der Waals surface area contributed by atoms with Gasteiger partial charge in [0.1, 0.15) is 0 Å². The average molecular weight is 253 g/mol. The smallest absolute Gasteiger partial charge is 0.258 e. The molecule has 0 aliphatic heterocycles. The third-order valence-corrected chi connectivity index (χ3v) is 2.64. The molecule has 1 aromatic rings. The van der Waals surface area contributed by atoms with E-state index in [0.717, 1.165) is 12.8 Å². The summed E-state index contributed by atoms with van der Waals surface area (Å²) in [6.07, 6.45) is 1.93. The van der Waals surface area contributed by atoms with Gasteiger partial charge < -0.3 is 10.1 Å². The van der Waals surface area contributed by atoms with E-state index in [4.69, 9.17) is 4.74 Å². The van der Waals surface area contributed by atoms with Crippen molar-refractivity contribution in [3.63, 3.8) is 0 Å². The highest BCUT2D eigenvalue weighted by molar-refractivity contribution is 5.77. The van der Waals surface area contributed by atoms with Crippen molar-refractivity contribution in [2.24, 2.45) is 0 Å². The summed E-state index contributed by atoms with van der Waals surface area (Å²) < 4.78 is 18.8. The van der Waals surface area contributed by atoms with Gasteiger partial charge in [0, 0.05) is 6.04 Å². The SMILES string of the molecule is CCCC(C)NC(=O)COc1cccc(C)c1F. The molecule has 4 heteroatoms. The molecule has 1 atom stereocenters. The first-order valence-electron chi connectivity index (χ1n) is 6.21. The number of carbonyl (C=O) groups excluding carboxylic acids is 1. The minimum absolute atomic E-state index is 0.119. The monoisotopic (exact) mass is 253 g/mol. The molecule has 0 saturated heterocycles. The molecule has 100 valence electrons. The fourth-order valence-corrected chi connectivity index (χ4v) is 1.70. The van der Waals surface area contributed by atoms with Crippen LogP contribution in [0.1, 0.15) is 32.3 Å². The van der Waals surface area contributed by atoms with Crippen molar-refractivity contribution in [3.8, 4) is 5.75 Å². The molecule has 0 aliphatic rings. The second-order valence-corrected chi connectivity index (χ2v) is 4.43. The minimum atomic E-state index is -0.410. The molecule has 1 aromatic carbocycles. The van der Waals surface area contributed by atoms with Crippen LogP contribution in [0, 0.1) is 12.7 Å². The second kappa shape index (κ2) is 6.99. The number of hydrogen-bond donors (Lipinski definition) is 1. The molecule has 0 aliphatic carbocycles. The second-order valence-electron chi connectivity index (χ2n) is 4.43. The molecule has 0 bridgehead atoms. The molecule has 1 unspecified atom stereocenters. The van der Waals surface area contributed by atoms with Crippen molar-refractivity contribution in [2.45, 2.75) is 39.7 Å². The summed E-state index contributed by atoms with van der Waals surface area (Å²) in [6, 6.07) is 5.00. The summed E-state index contributed by atoms with van der Waals surface area (Å²) in [4.78, 5) is 11.5. The minimum Gasteiger partial charge on any atom is -0.481 e. The Labute approximate surface area is 107 Å². The Morgan fingerprint density at radius 3 is 2.89 bits per heavy atom. The molecule has 0 spiro atoms. The van der Waals surface area contributed by atoms with Gasteiger partial charge in [-0.3, -0.25) is 4.79 Å². The van der Waals surface area contributed by atoms with E-state index in [1.54, 1.807) is 19.1 Å². The Hall–Kier alpha value is -1.58. The number of benzene rings is 1. The van der Waals surface area contributed by atoms with Gasteiger partial charge in [0.15, 0.2) is 18.2 Å². The number of hydrogen-bond acceptors (Lipinski definition) is 2. The van der Waals surface area contributed by atoms with Crippen LogP contribution in [-0.4, -0.2) is 18.6 Å². The number of ether oxygens (including phenoxy) is 1. The molecule has 1 rings (SSSR count). The van der Waals surface area contributed by atoms with Crippen LogP contribution in [0.3, 0.4) is 0 Å². The summed E-state index contributed by atoms with van der Waals surface area (Å²) >= 11 is 0. The van der Waals surface area contributed by atoms with E-state index < -0.39 is 5.82 Å². The molecule has 0 heterocycles. The molecule has 1 amide bonds. The number of carbonyl (C=O) groups is 1. The van der Waals surface area contributed by atoms with Gasteiger partial charge in [0.05, 0.1) is 0 Å². The summed E-state index contributed by atoms with van der Waals surface area (Å²) in [5, 5.41) is 2.80. The number of nitrogens with one attached hydrogen (secondary N) is 1. The van der Waals surface area contributed by atoms with Gasteiger partial charge in [-0.15, -0.1) is 0 Å². The van der Waals surface area contributed by atoms with Crippen LogP contribution in [0.4, 0.5) is 4.39 Å². The topological polar surface area (TPSA) is 38.3 Å². The quantitative estimate of drug-likeness (QED) is 0.846. The first-order chi connectivity index (χ1) is 8.54. The Balaban J connectivity index is 2.45. The number of amides is 1. The third-order valence-electron chi connectivity index (χ3n) is 2.64. The number of halogens is 1. The fraction of sp³-hybridized carbons (Fsp3) is 0.500. The summed E-state index contributed by atoms with van der Waals surface area (Å²) in [7, 11) is 0. The van der Waals surface area contributed by atoms with Crippen LogP contribution in [0.25, 0.3) is 0 Å². The van der Waals surface area contributed by atoms with Crippen molar-refractivity contribution in [3.05, 3.63) is 29.6 Å². The van der Waals surface area contributed by atoms with Crippen LogP contribution in [0.2, 0.25) is 0 Å². The maximum Gasteiger partial charge on any atom is 0.258 e. The molecular formula is C14H20FNO2. The van der Waals surface area contributed by atoms with Gasteiger partial charge in [0.2, 0.25) is 0 Å².